The summed E-state index contributed by atoms with van der Waals surface area (Å²) in [4.78, 5) is 2.48. The molecule has 0 aromatic carbocycles. The fourth-order valence-electron chi connectivity index (χ4n) is 3.08. The van der Waals surface area contributed by atoms with Crippen LogP contribution in [0, 0.1) is 5.92 Å². The quantitative estimate of drug-likeness (QED) is 0.739. The predicted octanol–water partition coefficient (Wildman–Crippen LogP) is 0.848. The summed E-state index contributed by atoms with van der Waals surface area (Å²) in [5.41, 5.74) is -0.0354. The number of aliphatic hydroxyl groups excluding tert-OH is 1. The molecular weight excluding hydrogens is 228 g/mol. The van der Waals surface area contributed by atoms with Crippen LogP contribution in [-0.2, 0) is 4.74 Å². The second kappa shape index (κ2) is 5.45. The summed E-state index contributed by atoms with van der Waals surface area (Å²) < 4.78 is 5.57. The number of hydrogen-bond acceptors (Lipinski definition) is 4. The predicted molar refractivity (Wildman–Crippen MR) is 72.7 cm³/mol. The van der Waals surface area contributed by atoms with Crippen molar-refractivity contribution >= 4 is 0 Å². The van der Waals surface area contributed by atoms with Crippen molar-refractivity contribution in [2.75, 3.05) is 39.5 Å². The minimum atomic E-state index is -0.108. The largest absolute Gasteiger partial charge is 0.394 e. The molecule has 0 amide bonds. The van der Waals surface area contributed by atoms with Gasteiger partial charge in [0.05, 0.1) is 25.4 Å². The van der Waals surface area contributed by atoms with Crippen LogP contribution >= 0.6 is 0 Å². The van der Waals surface area contributed by atoms with E-state index >= 15 is 0 Å². The second-order valence-corrected chi connectivity index (χ2v) is 6.41. The molecule has 1 atom stereocenters. The van der Waals surface area contributed by atoms with Gasteiger partial charge in [-0.25, -0.2) is 0 Å². The van der Waals surface area contributed by atoms with Gasteiger partial charge in [-0.2, -0.15) is 0 Å². The van der Waals surface area contributed by atoms with Gasteiger partial charge in [0, 0.05) is 18.6 Å². The van der Waals surface area contributed by atoms with Gasteiger partial charge in [-0.05, 0) is 39.2 Å². The van der Waals surface area contributed by atoms with Crippen molar-refractivity contribution in [3.8, 4) is 0 Å². The third kappa shape index (κ3) is 2.87. The highest BCUT2D eigenvalue weighted by atomic mass is 16.5. The Kier molecular flexibility index (Phi) is 4.32. The zero-order valence-electron chi connectivity index (χ0n) is 12.0. The van der Waals surface area contributed by atoms with Crippen molar-refractivity contribution < 1.29 is 9.84 Å². The van der Waals surface area contributed by atoms with E-state index in [0.717, 1.165) is 32.8 Å². The molecule has 0 spiro atoms. The maximum absolute atomic E-state index is 9.90. The number of nitrogens with one attached hydrogen (secondary N) is 1. The molecule has 4 nitrogen and oxygen atoms in total. The Balaban J connectivity index is 2.07. The molecule has 106 valence electrons. The van der Waals surface area contributed by atoms with Crippen LogP contribution in [0.3, 0.4) is 0 Å². The first-order valence-corrected chi connectivity index (χ1v) is 7.23. The monoisotopic (exact) mass is 256 g/mol. The third-order valence-corrected chi connectivity index (χ3v) is 4.46. The topological polar surface area (TPSA) is 44.7 Å². The van der Waals surface area contributed by atoms with Crippen molar-refractivity contribution in [3.05, 3.63) is 0 Å². The number of nitrogens with zero attached hydrogens (tertiary/aromatic N) is 1. The van der Waals surface area contributed by atoms with Crippen LogP contribution in [0.5, 0.6) is 0 Å². The van der Waals surface area contributed by atoms with Crippen molar-refractivity contribution in [3.63, 3.8) is 0 Å². The van der Waals surface area contributed by atoms with E-state index in [1.807, 2.05) is 0 Å². The molecule has 1 aliphatic carbocycles. The molecule has 0 aromatic rings. The van der Waals surface area contributed by atoms with E-state index in [1.165, 1.54) is 12.8 Å². The molecule has 2 rings (SSSR count). The molecule has 1 heterocycles. The molecular formula is C14H28N2O2. The van der Waals surface area contributed by atoms with Crippen LogP contribution in [-0.4, -0.2) is 60.5 Å². The maximum Gasteiger partial charge on any atom is 0.0645 e. The lowest BCUT2D eigenvalue weighted by Gasteiger charge is -2.47. The Morgan fingerprint density at radius 2 is 2.17 bits per heavy atom. The zero-order chi connectivity index (χ0) is 13.2. The molecule has 0 bridgehead atoms. The fraction of sp³-hybridized carbons (Fsp3) is 1.00. The Morgan fingerprint density at radius 1 is 1.44 bits per heavy atom. The first-order valence-electron chi connectivity index (χ1n) is 7.23. The lowest BCUT2D eigenvalue weighted by molar-refractivity contribution is -0.0690. The van der Waals surface area contributed by atoms with Crippen LogP contribution < -0.4 is 5.32 Å². The van der Waals surface area contributed by atoms with Gasteiger partial charge in [0.2, 0.25) is 0 Å². The molecule has 1 saturated carbocycles. The molecule has 0 aromatic heterocycles. The highest BCUT2D eigenvalue weighted by Gasteiger charge is 2.47. The first kappa shape index (κ1) is 14.3. The van der Waals surface area contributed by atoms with Crippen molar-refractivity contribution in [2.24, 2.45) is 5.92 Å². The molecule has 4 heteroatoms. The van der Waals surface area contributed by atoms with Crippen LogP contribution in [0.2, 0.25) is 0 Å². The SMILES string of the molecule is CCNC(CO)(CN1CCOCC1(C)C)C1CC1. The number of likely N-dealkylation sites (N-methyl/N-ethyl adjacent to an activating group) is 1. The van der Waals surface area contributed by atoms with Crippen LogP contribution in [0.25, 0.3) is 0 Å². The lowest BCUT2D eigenvalue weighted by atomic mass is 9.90. The normalized spacial score (nSPS) is 28.0. The minimum absolute atomic E-state index is 0.0724. The average Bonchev–Trinajstić information content (AvgIpc) is 3.15. The van der Waals surface area contributed by atoms with Crippen LogP contribution in [0.1, 0.15) is 33.6 Å². The van der Waals surface area contributed by atoms with E-state index in [4.69, 9.17) is 4.74 Å². The van der Waals surface area contributed by atoms with Gasteiger partial charge < -0.3 is 15.2 Å². The van der Waals surface area contributed by atoms with Crippen molar-refractivity contribution in [1.29, 1.82) is 0 Å². The highest BCUT2D eigenvalue weighted by Crippen LogP contribution is 2.41. The van der Waals surface area contributed by atoms with E-state index in [2.05, 4.69) is 31.0 Å². The summed E-state index contributed by atoms with van der Waals surface area (Å²) in [5.74, 6) is 0.640. The van der Waals surface area contributed by atoms with E-state index in [9.17, 15) is 5.11 Å². The lowest BCUT2D eigenvalue weighted by Crippen LogP contribution is -2.64. The fourth-order valence-corrected chi connectivity index (χ4v) is 3.08. The molecule has 1 aliphatic heterocycles. The van der Waals surface area contributed by atoms with Crippen molar-refractivity contribution in [2.45, 2.75) is 44.7 Å². The summed E-state index contributed by atoms with van der Waals surface area (Å²) in [7, 11) is 0. The maximum atomic E-state index is 9.90. The molecule has 2 fully saturated rings. The smallest absolute Gasteiger partial charge is 0.0645 e. The number of morpholine rings is 1. The summed E-state index contributed by atoms with van der Waals surface area (Å²) in [6.07, 6.45) is 2.50. The van der Waals surface area contributed by atoms with Gasteiger partial charge in [-0.15, -0.1) is 0 Å². The third-order valence-electron chi connectivity index (χ3n) is 4.46. The highest BCUT2D eigenvalue weighted by molar-refractivity contribution is 5.04. The van der Waals surface area contributed by atoms with Crippen molar-refractivity contribution in [1.82, 2.24) is 10.2 Å². The zero-order valence-corrected chi connectivity index (χ0v) is 12.0. The van der Waals surface area contributed by atoms with E-state index in [1.54, 1.807) is 0 Å². The van der Waals surface area contributed by atoms with Gasteiger partial charge >= 0.3 is 0 Å². The van der Waals surface area contributed by atoms with Gasteiger partial charge in [-0.1, -0.05) is 6.92 Å². The standard InChI is InChI=1S/C14H28N2O2/c1-4-15-14(10-17,12-5-6-12)9-16-7-8-18-11-13(16,2)3/h12,15,17H,4-11H2,1-3H3. The Morgan fingerprint density at radius 3 is 2.67 bits per heavy atom. The number of rotatable bonds is 6. The Bertz CT molecular complexity index is 279. The summed E-state index contributed by atoms with van der Waals surface area (Å²) in [5, 5.41) is 13.5. The molecule has 1 saturated heterocycles. The summed E-state index contributed by atoms with van der Waals surface area (Å²) in [6, 6.07) is 0. The Hall–Kier alpha value is -0.160. The number of hydrogen-bond donors (Lipinski definition) is 2. The minimum Gasteiger partial charge on any atom is -0.394 e. The number of ether oxygens (including phenoxy) is 1. The van der Waals surface area contributed by atoms with Crippen LogP contribution in [0.15, 0.2) is 0 Å². The average molecular weight is 256 g/mol. The van der Waals surface area contributed by atoms with Crippen LogP contribution in [0.4, 0.5) is 0 Å². The van der Waals surface area contributed by atoms with E-state index in [-0.39, 0.29) is 17.7 Å². The number of aliphatic hydroxyl groups is 1. The van der Waals surface area contributed by atoms with Gasteiger partial charge in [-0.3, -0.25) is 4.90 Å². The Labute approximate surface area is 111 Å². The summed E-state index contributed by atoms with van der Waals surface area (Å²) >= 11 is 0. The molecule has 18 heavy (non-hydrogen) atoms. The molecule has 2 aliphatic rings. The molecule has 0 radical (unpaired) electrons. The van der Waals surface area contributed by atoms with E-state index in [0.29, 0.717) is 5.92 Å². The van der Waals surface area contributed by atoms with Gasteiger partial charge in [0.1, 0.15) is 0 Å². The molecule has 1 unspecified atom stereocenters. The summed E-state index contributed by atoms with van der Waals surface area (Å²) in [6.45, 7) is 11.2. The molecule has 2 N–H and O–H groups in total. The second-order valence-electron chi connectivity index (χ2n) is 6.41. The first-order chi connectivity index (χ1) is 8.54. The van der Waals surface area contributed by atoms with E-state index < -0.39 is 0 Å². The van der Waals surface area contributed by atoms with Gasteiger partial charge in [0.25, 0.3) is 0 Å². The van der Waals surface area contributed by atoms with Gasteiger partial charge in [0.15, 0.2) is 0 Å².